The number of rotatable bonds is 4. The average molecular weight is 269 g/mol. The summed E-state index contributed by atoms with van der Waals surface area (Å²) in [4.78, 5) is 6.98. The first-order chi connectivity index (χ1) is 9.63. The van der Waals surface area contributed by atoms with E-state index in [1.807, 2.05) is 31.3 Å². The minimum Gasteiger partial charge on any atom is -0.386 e. The van der Waals surface area contributed by atoms with E-state index in [0.29, 0.717) is 0 Å². The number of allylic oxidation sites excluding steroid dienone is 3. The Labute approximate surface area is 121 Å². The quantitative estimate of drug-likeness (QED) is 0.837. The van der Waals surface area contributed by atoms with Gasteiger partial charge in [0, 0.05) is 32.6 Å². The van der Waals surface area contributed by atoms with Gasteiger partial charge in [-0.2, -0.15) is 0 Å². The van der Waals surface area contributed by atoms with Crippen molar-refractivity contribution < 1.29 is 0 Å². The van der Waals surface area contributed by atoms with Crippen LogP contribution in [0.5, 0.6) is 0 Å². The zero-order chi connectivity index (χ0) is 14.5. The van der Waals surface area contributed by atoms with Gasteiger partial charge in [-0.1, -0.05) is 18.2 Å². The van der Waals surface area contributed by atoms with Crippen molar-refractivity contribution in [2.45, 2.75) is 19.8 Å². The topological polar surface area (TPSA) is 27.6 Å². The minimum absolute atomic E-state index is 0.993. The fraction of sp³-hybridized carbons (Fsp3) is 0.353. The van der Waals surface area contributed by atoms with Crippen LogP contribution in [0.15, 0.2) is 52.7 Å². The summed E-state index contributed by atoms with van der Waals surface area (Å²) in [5.41, 5.74) is 5.75. The third-order valence-corrected chi connectivity index (χ3v) is 3.53. The Bertz CT molecular complexity index is 565. The lowest BCUT2D eigenvalue weighted by atomic mass is 9.98. The molecule has 0 radical (unpaired) electrons. The van der Waals surface area contributed by atoms with Gasteiger partial charge in [0.05, 0.1) is 11.4 Å². The lowest BCUT2D eigenvalue weighted by Gasteiger charge is -2.22. The number of hydrogen-bond donors (Lipinski definition) is 1. The summed E-state index contributed by atoms with van der Waals surface area (Å²) in [7, 11) is 6.09. The predicted molar refractivity (Wildman–Crippen MR) is 87.8 cm³/mol. The monoisotopic (exact) mass is 269 g/mol. The Morgan fingerprint density at radius 2 is 2.00 bits per heavy atom. The van der Waals surface area contributed by atoms with Crippen molar-refractivity contribution in [1.82, 2.24) is 4.90 Å². The van der Waals surface area contributed by atoms with Gasteiger partial charge < -0.3 is 10.2 Å². The van der Waals surface area contributed by atoms with E-state index in [0.717, 1.165) is 29.9 Å². The van der Waals surface area contributed by atoms with Crippen molar-refractivity contribution in [2.75, 3.05) is 26.5 Å². The molecule has 106 valence electrons. The van der Waals surface area contributed by atoms with Gasteiger partial charge in [-0.25, -0.2) is 0 Å². The molecule has 1 aliphatic rings. The zero-order valence-corrected chi connectivity index (χ0v) is 12.8. The van der Waals surface area contributed by atoms with Crippen LogP contribution in [0, 0.1) is 0 Å². The maximum absolute atomic E-state index is 4.82. The molecule has 0 aliphatic heterocycles. The molecule has 3 heteroatoms. The second kappa shape index (κ2) is 6.42. The number of likely N-dealkylation sites (N-methyl/N-ethyl adjacent to an activating group) is 1. The highest BCUT2D eigenvalue weighted by atomic mass is 15.1. The fourth-order valence-electron chi connectivity index (χ4n) is 2.47. The Morgan fingerprint density at radius 3 is 2.70 bits per heavy atom. The number of nitrogens with one attached hydrogen (secondary N) is 1. The van der Waals surface area contributed by atoms with Gasteiger partial charge >= 0.3 is 0 Å². The van der Waals surface area contributed by atoms with E-state index in [1.165, 1.54) is 11.3 Å². The summed E-state index contributed by atoms with van der Waals surface area (Å²) in [5, 5.41) is 3.19. The van der Waals surface area contributed by atoms with Crippen LogP contribution in [-0.2, 0) is 0 Å². The van der Waals surface area contributed by atoms with Gasteiger partial charge in [0.2, 0.25) is 0 Å². The molecule has 1 aliphatic carbocycles. The number of anilines is 1. The summed E-state index contributed by atoms with van der Waals surface area (Å²) in [6.45, 7) is 2.10. The summed E-state index contributed by atoms with van der Waals surface area (Å²) >= 11 is 0. The van der Waals surface area contributed by atoms with Crippen LogP contribution in [-0.4, -0.2) is 31.8 Å². The van der Waals surface area contributed by atoms with Gasteiger partial charge in [0.1, 0.15) is 0 Å². The molecule has 3 nitrogen and oxygen atoms in total. The number of nitrogens with zero attached hydrogens (tertiary/aromatic N) is 2. The summed E-state index contributed by atoms with van der Waals surface area (Å²) < 4.78 is 0. The first-order valence-electron chi connectivity index (χ1n) is 7.03. The van der Waals surface area contributed by atoms with E-state index < -0.39 is 0 Å². The Balaban J connectivity index is 2.41. The van der Waals surface area contributed by atoms with E-state index in [9.17, 15) is 0 Å². The number of hydrogen-bond acceptors (Lipinski definition) is 3. The molecule has 1 N–H and O–H groups in total. The highest BCUT2D eigenvalue weighted by molar-refractivity contribution is 6.01. The molecule has 0 amide bonds. The van der Waals surface area contributed by atoms with Crippen molar-refractivity contribution in [1.29, 1.82) is 0 Å². The minimum atomic E-state index is 0.993. The Morgan fingerprint density at radius 1 is 1.25 bits per heavy atom. The smallest absolute Gasteiger partial charge is 0.0864 e. The summed E-state index contributed by atoms with van der Waals surface area (Å²) in [5.74, 6) is 0. The summed E-state index contributed by atoms with van der Waals surface area (Å²) in [6, 6.07) is 8.14. The van der Waals surface area contributed by atoms with Crippen molar-refractivity contribution in [2.24, 2.45) is 4.99 Å². The number of para-hydroxylation sites is 2. The molecule has 0 atom stereocenters. The van der Waals surface area contributed by atoms with Crippen LogP contribution in [0.1, 0.15) is 19.8 Å². The molecule has 0 spiro atoms. The lowest BCUT2D eigenvalue weighted by Crippen LogP contribution is -2.16. The van der Waals surface area contributed by atoms with Crippen LogP contribution in [0.2, 0.25) is 0 Å². The van der Waals surface area contributed by atoms with Gasteiger partial charge in [-0.15, -0.1) is 0 Å². The number of aliphatic imine (C=N–C) groups is 1. The van der Waals surface area contributed by atoms with Crippen LogP contribution in [0.4, 0.5) is 11.4 Å². The normalized spacial score (nSPS) is 15.5. The highest BCUT2D eigenvalue weighted by Crippen LogP contribution is 2.27. The fourth-order valence-corrected chi connectivity index (χ4v) is 2.47. The molecule has 0 bridgehead atoms. The lowest BCUT2D eigenvalue weighted by molar-refractivity contribution is 0.520. The first-order valence-corrected chi connectivity index (χ1v) is 7.03. The van der Waals surface area contributed by atoms with Crippen molar-refractivity contribution in [3.8, 4) is 0 Å². The van der Waals surface area contributed by atoms with Crippen LogP contribution in [0.3, 0.4) is 0 Å². The molecular weight excluding hydrogens is 246 g/mol. The largest absolute Gasteiger partial charge is 0.386 e. The standard InChI is InChI=1S/C17H23N3/c1-13(14-9-5-8-12-17(14)20(3)4)19-16-11-7-6-10-15(16)18-2/h6-8,10-12,18H,5,9H2,1-4H3. The van der Waals surface area contributed by atoms with E-state index in [-0.39, 0.29) is 0 Å². The second-order valence-electron chi connectivity index (χ2n) is 5.16. The van der Waals surface area contributed by atoms with Crippen molar-refractivity contribution >= 4 is 17.1 Å². The van der Waals surface area contributed by atoms with Crippen LogP contribution >= 0.6 is 0 Å². The average Bonchev–Trinajstić information content (AvgIpc) is 2.47. The molecule has 0 aromatic heterocycles. The molecule has 0 unspecified atom stereocenters. The molecule has 1 aromatic carbocycles. The summed E-state index contributed by atoms with van der Waals surface area (Å²) in [6.07, 6.45) is 6.57. The molecule has 20 heavy (non-hydrogen) atoms. The third kappa shape index (κ3) is 3.10. The predicted octanol–water partition coefficient (Wildman–Crippen LogP) is 3.99. The SMILES string of the molecule is CNc1ccccc1N=C(C)C1=C(N(C)C)C=CCC1. The highest BCUT2D eigenvalue weighted by Gasteiger charge is 2.13. The van der Waals surface area contributed by atoms with Crippen molar-refractivity contribution in [3.05, 3.63) is 47.7 Å². The molecule has 2 rings (SSSR count). The second-order valence-corrected chi connectivity index (χ2v) is 5.16. The molecule has 0 saturated carbocycles. The van der Waals surface area contributed by atoms with Gasteiger partial charge in [0.25, 0.3) is 0 Å². The Hall–Kier alpha value is -2.03. The van der Waals surface area contributed by atoms with Gasteiger partial charge in [-0.05, 0) is 43.5 Å². The van der Waals surface area contributed by atoms with Gasteiger partial charge in [0.15, 0.2) is 0 Å². The van der Waals surface area contributed by atoms with E-state index in [1.54, 1.807) is 0 Å². The molecular formula is C17H23N3. The van der Waals surface area contributed by atoms with E-state index >= 15 is 0 Å². The first kappa shape index (κ1) is 14.4. The maximum atomic E-state index is 4.82. The maximum Gasteiger partial charge on any atom is 0.0864 e. The zero-order valence-electron chi connectivity index (χ0n) is 12.8. The number of benzene rings is 1. The molecule has 0 saturated heterocycles. The van der Waals surface area contributed by atoms with Crippen LogP contribution in [0.25, 0.3) is 0 Å². The van der Waals surface area contributed by atoms with E-state index in [4.69, 9.17) is 4.99 Å². The Kier molecular flexibility index (Phi) is 4.61. The van der Waals surface area contributed by atoms with Crippen LogP contribution < -0.4 is 5.32 Å². The third-order valence-electron chi connectivity index (χ3n) is 3.53. The molecule has 1 aromatic rings. The van der Waals surface area contributed by atoms with E-state index in [2.05, 4.69) is 43.4 Å². The van der Waals surface area contributed by atoms with Gasteiger partial charge in [-0.3, -0.25) is 4.99 Å². The van der Waals surface area contributed by atoms with Crippen molar-refractivity contribution in [3.63, 3.8) is 0 Å². The molecule has 0 heterocycles. The molecule has 0 fully saturated rings.